The average Bonchev–Trinajstić information content (AvgIpc) is 2.94. The van der Waals surface area contributed by atoms with E-state index in [2.05, 4.69) is 11.4 Å². The molecule has 0 aliphatic carbocycles. The molecule has 0 bridgehead atoms. The van der Waals surface area contributed by atoms with Crippen molar-refractivity contribution < 1.29 is 9.59 Å². The van der Waals surface area contributed by atoms with E-state index in [1.807, 2.05) is 43.5 Å². The lowest BCUT2D eigenvalue weighted by molar-refractivity contribution is -0.127. The van der Waals surface area contributed by atoms with Gasteiger partial charge in [-0.2, -0.15) is 0 Å². The van der Waals surface area contributed by atoms with Crippen molar-refractivity contribution in [1.82, 2.24) is 4.90 Å². The molecule has 0 saturated heterocycles. The number of aryl methyl sites for hydroxylation is 2. The van der Waals surface area contributed by atoms with Crippen molar-refractivity contribution in [1.29, 1.82) is 0 Å². The van der Waals surface area contributed by atoms with Gasteiger partial charge in [0.2, 0.25) is 11.8 Å². The summed E-state index contributed by atoms with van der Waals surface area (Å²) in [6.45, 7) is 4.67. The Bertz CT molecular complexity index is 695. The highest BCUT2D eigenvalue weighted by molar-refractivity contribution is 8.00. The lowest BCUT2D eigenvalue weighted by Gasteiger charge is -2.16. The molecule has 0 aliphatic rings. The fourth-order valence-electron chi connectivity index (χ4n) is 2.04. The third-order valence-electron chi connectivity index (χ3n) is 3.57. The van der Waals surface area contributed by atoms with Gasteiger partial charge in [0.1, 0.15) is 0 Å². The van der Waals surface area contributed by atoms with Crippen LogP contribution in [0.2, 0.25) is 0 Å². The van der Waals surface area contributed by atoms with E-state index in [0.29, 0.717) is 12.3 Å². The van der Waals surface area contributed by atoms with E-state index in [1.54, 1.807) is 23.3 Å². The Morgan fingerprint density at radius 1 is 1.12 bits per heavy atom. The number of nitrogens with zero attached hydrogens (tertiary/aromatic N) is 1. The van der Waals surface area contributed by atoms with Gasteiger partial charge in [-0.05, 0) is 43.0 Å². The SMILES string of the molecule is Cc1ccc(NC(=O)CSCC(=O)N(C)Cc2sccc2C)cc1. The first-order valence-corrected chi connectivity index (χ1v) is 9.70. The zero-order chi connectivity index (χ0) is 17.5. The Kier molecular flexibility index (Phi) is 6.87. The van der Waals surface area contributed by atoms with Crippen LogP contribution in [0.25, 0.3) is 0 Å². The maximum absolute atomic E-state index is 12.1. The van der Waals surface area contributed by atoms with Gasteiger partial charge in [-0.3, -0.25) is 9.59 Å². The van der Waals surface area contributed by atoms with E-state index in [1.165, 1.54) is 22.2 Å². The van der Waals surface area contributed by atoms with Crippen LogP contribution in [0.4, 0.5) is 5.69 Å². The van der Waals surface area contributed by atoms with Gasteiger partial charge in [0, 0.05) is 17.6 Å². The lowest BCUT2D eigenvalue weighted by atomic mass is 10.2. The Morgan fingerprint density at radius 2 is 1.83 bits per heavy atom. The minimum absolute atomic E-state index is 0.0379. The molecule has 0 radical (unpaired) electrons. The van der Waals surface area contributed by atoms with Crippen LogP contribution in [0, 0.1) is 13.8 Å². The number of thioether (sulfide) groups is 1. The minimum Gasteiger partial charge on any atom is -0.340 e. The van der Waals surface area contributed by atoms with Crippen LogP contribution in [-0.2, 0) is 16.1 Å². The third-order valence-corrected chi connectivity index (χ3v) is 5.49. The van der Waals surface area contributed by atoms with E-state index in [0.717, 1.165) is 11.3 Å². The summed E-state index contributed by atoms with van der Waals surface area (Å²) in [4.78, 5) is 26.9. The molecule has 4 nitrogen and oxygen atoms in total. The van der Waals surface area contributed by atoms with Gasteiger partial charge in [0.05, 0.1) is 18.1 Å². The molecule has 6 heteroatoms. The zero-order valence-electron chi connectivity index (χ0n) is 14.2. The van der Waals surface area contributed by atoms with Crippen molar-refractivity contribution in [3.8, 4) is 0 Å². The molecule has 0 unspecified atom stereocenters. The molecule has 24 heavy (non-hydrogen) atoms. The summed E-state index contributed by atoms with van der Waals surface area (Å²) in [5, 5.41) is 4.87. The van der Waals surface area contributed by atoms with Crippen molar-refractivity contribution in [3.05, 3.63) is 51.7 Å². The van der Waals surface area contributed by atoms with Crippen LogP contribution in [0.5, 0.6) is 0 Å². The number of hydrogen-bond acceptors (Lipinski definition) is 4. The predicted molar refractivity (Wildman–Crippen MR) is 103 cm³/mol. The van der Waals surface area contributed by atoms with Crippen LogP contribution in [0.1, 0.15) is 16.0 Å². The molecular weight excluding hydrogens is 340 g/mol. The van der Waals surface area contributed by atoms with Gasteiger partial charge in [0.15, 0.2) is 0 Å². The first-order chi connectivity index (χ1) is 11.5. The average molecular weight is 363 g/mol. The quantitative estimate of drug-likeness (QED) is 0.817. The molecule has 2 amide bonds. The van der Waals surface area contributed by atoms with E-state index in [4.69, 9.17) is 0 Å². The predicted octanol–water partition coefficient (Wildman–Crippen LogP) is 3.70. The van der Waals surface area contributed by atoms with Gasteiger partial charge in [-0.15, -0.1) is 23.1 Å². The van der Waals surface area contributed by atoms with Crippen LogP contribution in [0.3, 0.4) is 0 Å². The zero-order valence-corrected chi connectivity index (χ0v) is 15.8. The summed E-state index contributed by atoms with van der Waals surface area (Å²) in [7, 11) is 1.80. The molecule has 0 fully saturated rings. The van der Waals surface area contributed by atoms with Crippen molar-refractivity contribution >= 4 is 40.6 Å². The van der Waals surface area contributed by atoms with E-state index in [9.17, 15) is 9.59 Å². The highest BCUT2D eigenvalue weighted by Gasteiger charge is 2.12. The molecular formula is C18H22N2O2S2. The fraction of sp³-hybridized carbons (Fsp3) is 0.333. The normalized spacial score (nSPS) is 10.5. The van der Waals surface area contributed by atoms with Gasteiger partial charge >= 0.3 is 0 Å². The van der Waals surface area contributed by atoms with Gasteiger partial charge < -0.3 is 10.2 Å². The Hall–Kier alpha value is -1.79. The van der Waals surface area contributed by atoms with Crippen LogP contribution < -0.4 is 5.32 Å². The highest BCUT2D eigenvalue weighted by atomic mass is 32.2. The van der Waals surface area contributed by atoms with Crippen LogP contribution >= 0.6 is 23.1 Å². The number of carbonyl (C=O) groups excluding carboxylic acids is 2. The van der Waals surface area contributed by atoms with Crippen molar-refractivity contribution in [2.24, 2.45) is 0 Å². The molecule has 0 aliphatic heterocycles. The van der Waals surface area contributed by atoms with Crippen molar-refractivity contribution in [3.63, 3.8) is 0 Å². The molecule has 1 heterocycles. The molecule has 1 aromatic heterocycles. The van der Waals surface area contributed by atoms with E-state index < -0.39 is 0 Å². The maximum atomic E-state index is 12.1. The Labute approximate surface area is 151 Å². The topological polar surface area (TPSA) is 49.4 Å². The summed E-state index contributed by atoms with van der Waals surface area (Å²) in [5.74, 6) is 0.526. The van der Waals surface area contributed by atoms with Crippen molar-refractivity contribution in [2.45, 2.75) is 20.4 Å². The molecule has 1 N–H and O–H groups in total. The number of thiophene rings is 1. The summed E-state index contributed by atoms with van der Waals surface area (Å²) in [6.07, 6.45) is 0. The van der Waals surface area contributed by atoms with Gasteiger partial charge in [0.25, 0.3) is 0 Å². The second kappa shape index (κ2) is 8.89. The van der Waals surface area contributed by atoms with Crippen molar-refractivity contribution in [2.75, 3.05) is 23.9 Å². The monoisotopic (exact) mass is 362 g/mol. The number of rotatable bonds is 7. The molecule has 0 spiro atoms. The smallest absolute Gasteiger partial charge is 0.234 e. The summed E-state index contributed by atoms with van der Waals surface area (Å²) < 4.78 is 0. The van der Waals surface area contributed by atoms with E-state index >= 15 is 0 Å². The van der Waals surface area contributed by atoms with E-state index in [-0.39, 0.29) is 17.6 Å². The number of carbonyl (C=O) groups is 2. The second-order valence-electron chi connectivity index (χ2n) is 5.68. The molecule has 1 aromatic carbocycles. The van der Waals surface area contributed by atoms with Crippen LogP contribution in [-0.4, -0.2) is 35.3 Å². The highest BCUT2D eigenvalue weighted by Crippen LogP contribution is 2.17. The fourth-order valence-corrected chi connectivity index (χ4v) is 3.76. The lowest BCUT2D eigenvalue weighted by Crippen LogP contribution is -2.28. The number of benzene rings is 1. The number of anilines is 1. The van der Waals surface area contributed by atoms with Gasteiger partial charge in [-0.25, -0.2) is 0 Å². The van der Waals surface area contributed by atoms with Crippen LogP contribution in [0.15, 0.2) is 35.7 Å². The largest absolute Gasteiger partial charge is 0.340 e. The first-order valence-electron chi connectivity index (χ1n) is 7.67. The molecule has 2 rings (SSSR count). The molecule has 2 aromatic rings. The summed E-state index contributed by atoms with van der Waals surface area (Å²) in [5.41, 5.74) is 3.14. The second-order valence-corrected chi connectivity index (χ2v) is 7.67. The standard InChI is InChI=1S/C18H22N2O2S2/c1-13-4-6-15(7-5-13)19-17(21)11-23-12-18(22)20(3)10-16-14(2)8-9-24-16/h4-9H,10-12H2,1-3H3,(H,19,21). The summed E-state index contributed by atoms with van der Waals surface area (Å²) in [6, 6.07) is 9.71. The molecule has 0 saturated carbocycles. The molecule has 128 valence electrons. The number of nitrogens with one attached hydrogen (secondary N) is 1. The third kappa shape index (κ3) is 5.69. The number of hydrogen-bond donors (Lipinski definition) is 1. The Balaban J connectivity index is 1.70. The summed E-state index contributed by atoms with van der Waals surface area (Å²) >= 11 is 3.00. The number of amides is 2. The Morgan fingerprint density at radius 3 is 2.46 bits per heavy atom. The molecule has 0 atom stereocenters. The maximum Gasteiger partial charge on any atom is 0.234 e. The first kappa shape index (κ1) is 18.5. The van der Waals surface area contributed by atoms with Gasteiger partial charge in [-0.1, -0.05) is 17.7 Å². The minimum atomic E-state index is -0.0894.